The van der Waals surface area contributed by atoms with Crippen LogP contribution in [0.3, 0.4) is 0 Å². The molecule has 0 radical (unpaired) electrons. The van der Waals surface area contributed by atoms with Gasteiger partial charge in [-0.15, -0.1) is 0 Å². The summed E-state index contributed by atoms with van der Waals surface area (Å²) in [5.74, 6) is -0.478. The highest BCUT2D eigenvalue weighted by Crippen LogP contribution is 2.04. The Morgan fingerprint density at radius 1 is 1.46 bits per heavy atom. The van der Waals surface area contributed by atoms with Gasteiger partial charge in [-0.1, -0.05) is 18.2 Å². The monoisotopic (exact) mass is 180 g/mol. The second-order valence-electron chi connectivity index (χ2n) is 2.61. The molecule has 4 heteroatoms. The molecule has 13 heavy (non-hydrogen) atoms. The summed E-state index contributed by atoms with van der Waals surface area (Å²) in [5, 5.41) is 11.6. The molecule has 1 unspecified atom stereocenters. The van der Waals surface area contributed by atoms with Gasteiger partial charge in [-0.2, -0.15) is 0 Å². The summed E-state index contributed by atoms with van der Waals surface area (Å²) in [7, 11) is 0. The Labute approximate surface area is 76.4 Å². The van der Waals surface area contributed by atoms with Gasteiger partial charge in [-0.05, 0) is 12.1 Å². The largest absolute Gasteiger partial charge is 0.382 e. The van der Waals surface area contributed by atoms with E-state index in [4.69, 9.17) is 10.8 Å². The van der Waals surface area contributed by atoms with Gasteiger partial charge in [0.25, 0.3) is 5.91 Å². The first-order valence-electron chi connectivity index (χ1n) is 3.98. The molecular formula is C9H12N2O2. The maximum Gasteiger partial charge on any atom is 0.254 e. The van der Waals surface area contributed by atoms with Crippen molar-refractivity contribution < 1.29 is 9.90 Å². The third-order valence-corrected chi connectivity index (χ3v) is 1.57. The van der Waals surface area contributed by atoms with E-state index < -0.39 is 12.0 Å². The van der Waals surface area contributed by atoms with E-state index in [1.807, 2.05) is 6.07 Å². The number of para-hydroxylation sites is 1. The van der Waals surface area contributed by atoms with E-state index in [1.54, 1.807) is 24.3 Å². The summed E-state index contributed by atoms with van der Waals surface area (Å²) >= 11 is 0. The van der Waals surface area contributed by atoms with Crippen molar-refractivity contribution in [1.29, 1.82) is 0 Å². The van der Waals surface area contributed by atoms with Crippen LogP contribution in [0.4, 0.5) is 5.69 Å². The highest BCUT2D eigenvalue weighted by molar-refractivity contribution is 5.94. The van der Waals surface area contributed by atoms with E-state index in [0.717, 1.165) is 0 Å². The van der Waals surface area contributed by atoms with Crippen molar-refractivity contribution in [3.8, 4) is 0 Å². The fourth-order valence-electron chi connectivity index (χ4n) is 0.854. The normalized spacial score (nSPS) is 12.2. The zero-order valence-electron chi connectivity index (χ0n) is 7.10. The number of carbonyl (C=O) groups excluding carboxylic acids is 1. The molecule has 0 spiro atoms. The lowest BCUT2D eigenvalue weighted by molar-refractivity contribution is -0.123. The minimum absolute atomic E-state index is 0.0708. The predicted octanol–water partition coefficient (Wildman–Crippen LogP) is -0.0553. The summed E-state index contributed by atoms with van der Waals surface area (Å²) in [6.07, 6.45) is -1.14. The molecule has 0 fully saturated rings. The Morgan fingerprint density at radius 3 is 2.62 bits per heavy atom. The van der Waals surface area contributed by atoms with Crippen LogP contribution in [-0.4, -0.2) is 23.7 Å². The van der Waals surface area contributed by atoms with E-state index in [-0.39, 0.29) is 6.54 Å². The van der Waals surface area contributed by atoms with E-state index in [9.17, 15) is 4.79 Å². The molecule has 0 aliphatic heterocycles. The van der Waals surface area contributed by atoms with Crippen LogP contribution in [0.25, 0.3) is 0 Å². The van der Waals surface area contributed by atoms with E-state index in [2.05, 4.69) is 5.32 Å². The quantitative estimate of drug-likeness (QED) is 0.610. The smallest absolute Gasteiger partial charge is 0.254 e. The van der Waals surface area contributed by atoms with Crippen molar-refractivity contribution in [3.05, 3.63) is 30.3 Å². The van der Waals surface area contributed by atoms with Crippen molar-refractivity contribution >= 4 is 11.6 Å². The van der Waals surface area contributed by atoms with Gasteiger partial charge in [0.1, 0.15) is 6.10 Å². The molecule has 1 atom stereocenters. The first-order valence-corrected chi connectivity index (χ1v) is 3.98. The lowest BCUT2D eigenvalue weighted by Crippen LogP contribution is -2.34. The van der Waals surface area contributed by atoms with Crippen LogP contribution in [0.1, 0.15) is 0 Å². The van der Waals surface area contributed by atoms with Crippen molar-refractivity contribution in [1.82, 2.24) is 0 Å². The van der Waals surface area contributed by atoms with Crippen LogP contribution in [0, 0.1) is 0 Å². The van der Waals surface area contributed by atoms with Crippen LogP contribution in [0.15, 0.2) is 30.3 Å². The summed E-state index contributed by atoms with van der Waals surface area (Å²) in [6.45, 7) is -0.0708. The fourth-order valence-corrected chi connectivity index (χ4v) is 0.854. The third kappa shape index (κ3) is 2.85. The second kappa shape index (κ2) is 4.59. The number of hydrogen-bond acceptors (Lipinski definition) is 3. The highest BCUT2D eigenvalue weighted by atomic mass is 16.3. The van der Waals surface area contributed by atoms with Crippen LogP contribution in [0.5, 0.6) is 0 Å². The molecule has 0 aliphatic rings. The van der Waals surface area contributed by atoms with E-state index >= 15 is 0 Å². The predicted molar refractivity (Wildman–Crippen MR) is 50.1 cm³/mol. The van der Waals surface area contributed by atoms with Crippen molar-refractivity contribution in [2.24, 2.45) is 5.73 Å². The van der Waals surface area contributed by atoms with Gasteiger partial charge in [0.05, 0.1) is 0 Å². The van der Waals surface area contributed by atoms with Crippen LogP contribution >= 0.6 is 0 Å². The molecule has 70 valence electrons. The molecule has 4 nitrogen and oxygen atoms in total. The summed E-state index contributed by atoms with van der Waals surface area (Å²) in [5.41, 5.74) is 5.77. The Hall–Kier alpha value is -1.39. The van der Waals surface area contributed by atoms with Crippen molar-refractivity contribution in [2.45, 2.75) is 6.10 Å². The average Bonchev–Trinajstić information content (AvgIpc) is 2.18. The first-order chi connectivity index (χ1) is 6.24. The van der Waals surface area contributed by atoms with Gasteiger partial charge >= 0.3 is 0 Å². The second-order valence-corrected chi connectivity index (χ2v) is 2.61. The first kappa shape index (κ1) is 9.70. The van der Waals surface area contributed by atoms with Crippen LogP contribution in [-0.2, 0) is 4.79 Å². The van der Waals surface area contributed by atoms with Crippen molar-refractivity contribution in [2.75, 3.05) is 11.9 Å². The minimum Gasteiger partial charge on any atom is -0.382 e. The summed E-state index contributed by atoms with van der Waals surface area (Å²) in [4.78, 5) is 11.1. The van der Waals surface area contributed by atoms with Crippen molar-refractivity contribution in [3.63, 3.8) is 0 Å². The number of nitrogens with two attached hydrogens (primary N) is 1. The molecule has 1 rings (SSSR count). The number of rotatable bonds is 3. The van der Waals surface area contributed by atoms with E-state index in [0.29, 0.717) is 5.69 Å². The molecule has 0 bridgehead atoms. The van der Waals surface area contributed by atoms with Gasteiger partial charge in [0.15, 0.2) is 0 Å². The lowest BCUT2D eigenvalue weighted by Gasteiger charge is -2.08. The highest BCUT2D eigenvalue weighted by Gasteiger charge is 2.11. The Kier molecular flexibility index (Phi) is 3.42. The van der Waals surface area contributed by atoms with Crippen LogP contribution < -0.4 is 11.1 Å². The van der Waals surface area contributed by atoms with Gasteiger partial charge < -0.3 is 16.2 Å². The molecule has 1 aromatic carbocycles. The van der Waals surface area contributed by atoms with Gasteiger partial charge in [0, 0.05) is 12.2 Å². The Balaban J connectivity index is 2.55. The molecule has 1 aromatic rings. The molecule has 0 aromatic heterocycles. The zero-order valence-corrected chi connectivity index (χ0v) is 7.10. The Bertz CT molecular complexity index is 274. The molecular weight excluding hydrogens is 168 g/mol. The molecule has 0 heterocycles. The third-order valence-electron chi connectivity index (χ3n) is 1.57. The van der Waals surface area contributed by atoms with Crippen LogP contribution in [0.2, 0.25) is 0 Å². The number of benzene rings is 1. The number of amides is 1. The number of hydrogen-bond donors (Lipinski definition) is 3. The number of aliphatic hydroxyl groups excluding tert-OH is 1. The summed E-state index contributed by atoms with van der Waals surface area (Å²) < 4.78 is 0. The SMILES string of the molecule is NCC(O)C(=O)Nc1ccccc1. The minimum atomic E-state index is -1.14. The van der Waals surface area contributed by atoms with E-state index in [1.165, 1.54) is 0 Å². The molecule has 0 aliphatic carbocycles. The Morgan fingerprint density at radius 2 is 2.08 bits per heavy atom. The molecule has 0 saturated heterocycles. The molecule has 0 saturated carbocycles. The van der Waals surface area contributed by atoms with Gasteiger partial charge in [-0.3, -0.25) is 4.79 Å². The van der Waals surface area contributed by atoms with Gasteiger partial charge in [-0.25, -0.2) is 0 Å². The average molecular weight is 180 g/mol. The zero-order chi connectivity index (χ0) is 9.68. The van der Waals surface area contributed by atoms with Gasteiger partial charge in [0.2, 0.25) is 0 Å². The topological polar surface area (TPSA) is 75.3 Å². The number of aliphatic hydroxyl groups is 1. The number of anilines is 1. The fraction of sp³-hybridized carbons (Fsp3) is 0.222. The molecule has 1 amide bonds. The lowest BCUT2D eigenvalue weighted by atomic mass is 10.3. The number of carbonyl (C=O) groups is 1. The molecule has 4 N–H and O–H groups in total. The standard InChI is InChI=1S/C9H12N2O2/c10-6-8(12)9(13)11-7-4-2-1-3-5-7/h1-5,8,12H,6,10H2,(H,11,13). The maximum atomic E-state index is 11.1. The summed E-state index contributed by atoms with van der Waals surface area (Å²) in [6, 6.07) is 8.91. The number of nitrogens with one attached hydrogen (secondary N) is 1. The maximum absolute atomic E-state index is 11.1.